The van der Waals surface area contributed by atoms with Gasteiger partial charge in [-0.25, -0.2) is 4.79 Å². The SMILES string of the molecule is O=C(COC(=O)/C=C/c1cc(Cl)c2c(c1)OCCCO2)Nc1ccccc1C(F)(F)F. The molecule has 164 valence electrons. The summed E-state index contributed by atoms with van der Waals surface area (Å²) in [5.41, 5.74) is -0.885. The number of alkyl halides is 3. The molecule has 31 heavy (non-hydrogen) atoms. The molecule has 0 saturated heterocycles. The number of halogens is 4. The third-order valence-corrected chi connectivity index (χ3v) is 4.37. The molecule has 10 heteroatoms. The van der Waals surface area contributed by atoms with Crippen molar-refractivity contribution in [3.05, 3.63) is 58.6 Å². The van der Waals surface area contributed by atoms with Crippen LogP contribution in [0.2, 0.25) is 5.02 Å². The maximum atomic E-state index is 13.0. The summed E-state index contributed by atoms with van der Waals surface area (Å²) in [6, 6.07) is 7.70. The molecule has 1 amide bonds. The molecule has 2 aromatic carbocycles. The number of benzene rings is 2. The van der Waals surface area contributed by atoms with Crippen LogP contribution in [-0.2, 0) is 20.5 Å². The Morgan fingerprint density at radius 1 is 1.16 bits per heavy atom. The zero-order valence-electron chi connectivity index (χ0n) is 16.0. The van der Waals surface area contributed by atoms with Crippen molar-refractivity contribution in [3.8, 4) is 11.5 Å². The first-order chi connectivity index (χ1) is 14.7. The molecule has 0 aromatic heterocycles. The zero-order chi connectivity index (χ0) is 22.4. The summed E-state index contributed by atoms with van der Waals surface area (Å²) < 4.78 is 54.7. The number of nitrogens with one attached hydrogen (secondary N) is 1. The number of carbonyl (C=O) groups excluding carboxylic acids is 2. The molecule has 0 radical (unpaired) electrons. The van der Waals surface area contributed by atoms with Crippen molar-refractivity contribution in [2.45, 2.75) is 12.6 Å². The molecule has 6 nitrogen and oxygen atoms in total. The van der Waals surface area contributed by atoms with Crippen LogP contribution in [0.3, 0.4) is 0 Å². The van der Waals surface area contributed by atoms with Crippen molar-refractivity contribution < 1.29 is 37.0 Å². The third kappa shape index (κ3) is 6.14. The second-order valence-corrected chi connectivity index (χ2v) is 6.82. The first-order valence-electron chi connectivity index (χ1n) is 9.14. The highest BCUT2D eigenvalue weighted by Gasteiger charge is 2.33. The zero-order valence-corrected chi connectivity index (χ0v) is 16.8. The number of anilines is 1. The van der Waals surface area contributed by atoms with Crippen LogP contribution in [0.5, 0.6) is 11.5 Å². The van der Waals surface area contributed by atoms with Crippen molar-refractivity contribution in [1.82, 2.24) is 0 Å². The van der Waals surface area contributed by atoms with Gasteiger partial charge in [0.2, 0.25) is 0 Å². The fourth-order valence-corrected chi connectivity index (χ4v) is 3.00. The molecule has 1 aliphatic rings. The second kappa shape index (κ2) is 9.74. The molecule has 0 aliphatic carbocycles. The summed E-state index contributed by atoms with van der Waals surface area (Å²) in [5, 5.41) is 2.40. The van der Waals surface area contributed by atoms with Gasteiger partial charge in [-0.1, -0.05) is 23.7 Å². The molecular formula is C21H17ClF3NO5. The number of esters is 1. The Balaban J connectivity index is 1.57. The third-order valence-electron chi connectivity index (χ3n) is 4.09. The fourth-order valence-electron chi connectivity index (χ4n) is 2.72. The topological polar surface area (TPSA) is 73.9 Å². The quantitative estimate of drug-likeness (QED) is 0.522. The Morgan fingerprint density at radius 3 is 2.68 bits per heavy atom. The lowest BCUT2D eigenvalue weighted by Gasteiger charge is -2.13. The summed E-state index contributed by atoms with van der Waals surface area (Å²) in [6.07, 6.45) is -1.46. The lowest BCUT2D eigenvalue weighted by Crippen LogP contribution is -2.22. The van der Waals surface area contributed by atoms with Gasteiger partial charge in [0, 0.05) is 12.5 Å². The number of fused-ring (bicyclic) bond motifs is 1. The summed E-state index contributed by atoms with van der Waals surface area (Å²) in [6.45, 7) is 0.187. The largest absolute Gasteiger partial charge is 0.489 e. The summed E-state index contributed by atoms with van der Waals surface area (Å²) in [4.78, 5) is 23.8. The fraction of sp³-hybridized carbons (Fsp3) is 0.238. The minimum Gasteiger partial charge on any atom is -0.489 e. The standard InChI is InChI=1S/C21H17ClF3NO5/c22-15-10-13(11-17-20(15)30-9-3-8-29-17)6-7-19(28)31-12-18(27)26-16-5-2-1-4-14(16)21(23,24)25/h1-2,4-7,10-11H,3,8-9,12H2,(H,26,27)/b7-6+. The van der Waals surface area contributed by atoms with E-state index in [4.69, 9.17) is 25.8 Å². The van der Waals surface area contributed by atoms with E-state index in [0.29, 0.717) is 41.7 Å². The van der Waals surface area contributed by atoms with Crippen LogP contribution < -0.4 is 14.8 Å². The highest BCUT2D eigenvalue weighted by Crippen LogP contribution is 2.38. The Kier molecular flexibility index (Phi) is 7.06. The van der Waals surface area contributed by atoms with Crippen molar-refractivity contribution in [2.75, 3.05) is 25.1 Å². The van der Waals surface area contributed by atoms with Crippen LogP contribution in [0.15, 0.2) is 42.5 Å². The van der Waals surface area contributed by atoms with Gasteiger partial charge in [-0.15, -0.1) is 0 Å². The van der Waals surface area contributed by atoms with Gasteiger partial charge in [0.25, 0.3) is 5.91 Å². The number of rotatable bonds is 5. The number of ether oxygens (including phenoxy) is 3. The van der Waals surface area contributed by atoms with Gasteiger partial charge in [-0.05, 0) is 35.9 Å². The molecule has 3 rings (SSSR count). The van der Waals surface area contributed by atoms with E-state index in [1.54, 1.807) is 12.1 Å². The maximum Gasteiger partial charge on any atom is 0.418 e. The van der Waals surface area contributed by atoms with Gasteiger partial charge in [0.05, 0.1) is 29.5 Å². The monoisotopic (exact) mass is 455 g/mol. The molecule has 0 bridgehead atoms. The maximum absolute atomic E-state index is 13.0. The molecule has 1 aliphatic heterocycles. The summed E-state index contributed by atoms with van der Waals surface area (Å²) >= 11 is 6.17. The second-order valence-electron chi connectivity index (χ2n) is 6.41. The van der Waals surface area contributed by atoms with Crippen LogP contribution in [-0.4, -0.2) is 31.7 Å². The van der Waals surface area contributed by atoms with Gasteiger partial charge in [0.15, 0.2) is 18.1 Å². The van der Waals surface area contributed by atoms with Crippen molar-refractivity contribution in [2.24, 2.45) is 0 Å². The van der Waals surface area contributed by atoms with Gasteiger partial charge in [-0.3, -0.25) is 4.79 Å². The number of carbonyl (C=O) groups is 2. The molecule has 0 saturated carbocycles. The number of para-hydroxylation sites is 1. The summed E-state index contributed by atoms with van der Waals surface area (Å²) in [5.74, 6) is -0.894. The minimum atomic E-state index is -4.63. The van der Waals surface area contributed by atoms with Crippen LogP contribution in [0.1, 0.15) is 17.5 Å². The Labute approximate surface area is 180 Å². The van der Waals surface area contributed by atoms with Gasteiger partial charge < -0.3 is 19.5 Å². The van der Waals surface area contributed by atoms with E-state index in [9.17, 15) is 22.8 Å². The lowest BCUT2D eigenvalue weighted by molar-refractivity contribution is -0.142. The number of amides is 1. The van der Waals surface area contributed by atoms with E-state index in [1.165, 1.54) is 18.2 Å². The van der Waals surface area contributed by atoms with Crippen molar-refractivity contribution >= 4 is 35.2 Å². The molecule has 0 atom stereocenters. The molecule has 1 N–H and O–H groups in total. The first-order valence-corrected chi connectivity index (χ1v) is 9.52. The van der Waals surface area contributed by atoms with Crippen LogP contribution >= 0.6 is 11.6 Å². The van der Waals surface area contributed by atoms with Crippen molar-refractivity contribution in [3.63, 3.8) is 0 Å². The average Bonchev–Trinajstić information content (AvgIpc) is 2.96. The van der Waals surface area contributed by atoms with Gasteiger partial charge in [0.1, 0.15) is 0 Å². The van der Waals surface area contributed by atoms with E-state index in [1.807, 2.05) is 0 Å². The van der Waals surface area contributed by atoms with E-state index in [2.05, 4.69) is 5.32 Å². The normalized spacial score (nSPS) is 13.5. The van der Waals surface area contributed by atoms with E-state index in [-0.39, 0.29) is 0 Å². The molecular weight excluding hydrogens is 439 g/mol. The smallest absolute Gasteiger partial charge is 0.418 e. The van der Waals surface area contributed by atoms with Gasteiger partial charge in [-0.2, -0.15) is 13.2 Å². The van der Waals surface area contributed by atoms with Crippen molar-refractivity contribution in [1.29, 1.82) is 0 Å². The molecule has 1 heterocycles. The summed E-state index contributed by atoms with van der Waals surface area (Å²) in [7, 11) is 0. The van der Waals surface area contributed by atoms with Crippen LogP contribution in [0.25, 0.3) is 6.08 Å². The lowest BCUT2D eigenvalue weighted by atomic mass is 10.1. The predicted molar refractivity (Wildman–Crippen MR) is 107 cm³/mol. The highest BCUT2D eigenvalue weighted by molar-refractivity contribution is 6.32. The molecule has 2 aromatic rings. The minimum absolute atomic E-state index is 0.315. The van der Waals surface area contributed by atoms with Crippen LogP contribution in [0, 0.1) is 0 Å². The Morgan fingerprint density at radius 2 is 1.90 bits per heavy atom. The number of hydrogen-bond acceptors (Lipinski definition) is 5. The van der Waals surface area contributed by atoms with E-state index < -0.39 is 35.9 Å². The first kappa shape index (κ1) is 22.5. The van der Waals surface area contributed by atoms with E-state index >= 15 is 0 Å². The molecule has 0 spiro atoms. The number of hydrogen-bond donors (Lipinski definition) is 1. The molecule has 0 fully saturated rings. The molecule has 0 unspecified atom stereocenters. The van der Waals surface area contributed by atoms with Crippen LogP contribution in [0.4, 0.5) is 18.9 Å². The predicted octanol–water partition coefficient (Wildman–Crippen LogP) is 4.72. The average molecular weight is 456 g/mol. The Bertz CT molecular complexity index is 1010. The highest BCUT2D eigenvalue weighted by atomic mass is 35.5. The van der Waals surface area contributed by atoms with Gasteiger partial charge >= 0.3 is 12.1 Å². The Hall–Kier alpha value is -3.20. The van der Waals surface area contributed by atoms with E-state index in [0.717, 1.165) is 18.2 Å².